The van der Waals surface area contributed by atoms with Gasteiger partial charge in [-0.15, -0.1) is 0 Å². The van der Waals surface area contributed by atoms with Gasteiger partial charge < -0.3 is 16.0 Å². The molecule has 3 rings (SSSR count). The van der Waals surface area contributed by atoms with Crippen molar-refractivity contribution >= 4 is 52.2 Å². The first-order chi connectivity index (χ1) is 13.4. The number of rotatable bonds is 4. The van der Waals surface area contributed by atoms with Gasteiger partial charge in [-0.25, -0.2) is 9.18 Å². The Hall–Kier alpha value is -3.09. The molecule has 0 heterocycles. The maximum absolute atomic E-state index is 13.2. The second-order valence-electron chi connectivity index (χ2n) is 5.75. The Morgan fingerprint density at radius 1 is 0.750 bits per heavy atom. The maximum atomic E-state index is 13.2. The summed E-state index contributed by atoms with van der Waals surface area (Å²) in [5, 5.41) is 8.40. The van der Waals surface area contributed by atoms with Crippen LogP contribution in [0.15, 0.2) is 66.7 Å². The number of urea groups is 1. The first-order valence-electron chi connectivity index (χ1n) is 8.11. The number of carbonyl (C=O) groups excluding carboxylic acids is 2. The molecule has 0 unspecified atom stereocenters. The molecule has 3 amide bonds. The van der Waals surface area contributed by atoms with Crippen molar-refractivity contribution in [2.24, 2.45) is 0 Å². The van der Waals surface area contributed by atoms with E-state index in [1.807, 2.05) is 0 Å². The van der Waals surface area contributed by atoms with Crippen LogP contribution in [0.1, 0.15) is 10.4 Å². The molecule has 0 radical (unpaired) electrons. The average Bonchev–Trinajstić information content (AvgIpc) is 2.67. The Morgan fingerprint density at radius 2 is 1.39 bits per heavy atom. The highest BCUT2D eigenvalue weighted by Crippen LogP contribution is 2.20. The van der Waals surface area contributed by atoms with E-state index in [9.17, 15) is 14.0 Å². The number of halogens is 3. The minimum Gasteiger partial charge on any atom is -0.322 e. The van der Waals surface area contributed by atoms with Crippen LogP contribution >= 0.6 is 23.2 Å². The summed E-state index contributed by atoms with van der Waals surface area (Å²) in [7, 11) is 0. The van der Waals surface area contributed by atoms with Crippen LogP contribution in [0.25, 0.3) is 0 Å². The highest BCUT2D eigenvalue weighted by atomic mass is 35.5. The van der Waals surface area contributed by atoms with Gasteiger partial charge in [-0.2, -0.15) is 0 Å². The van der Waals surface area contributed by atoms with Crippen LogP contribution < -0.4 is 16.0 Å². The van der Waals surface area contributed by atoms with Crippen LogP contribution in [-0.2, 0) is 0 Å². The molecular formula is C20H14Cl2FN3O2. The molecule has 0 aliphatic carbocycles. The van der Waals surface area contributed by atoms with E-state index in [0.717, 1.165) is 6.07 Å². The molecule has 5 nitrogen and oxygen atoms in total. The Kier molecular flexibility index (Phi) is 6.13. The first kappa shape index (κ1) is 19.7. The predicted molar refractivity (Wildman–Crippen MR) is 110 cm³/mol. The molecule has 8 heteroatoms. The third-order valence-corrected chi connectivity index (χ3v) is 4.20. The maximum Gasteiger partial charge on any atom is 0.323 e. The zero-order valence-electron chi connectivity index (χ0n) is 14.3. The molecule has 0 saturated heterocycles. The van der Waals surface area contributed by atoms with E-state index in [1.54, 1.807) is 42.5 Å². The lowest BCUT2D eigenvalue weighted by Crippen LogP contribution is -2.20. The molecule has 3 N–H and O–H groups in total. The number of carbonyl (C=O) groups is 2. The van der Waals surface area contributed by atoms with Crippen molar-refractivity contribution in [3.63, 3.8) is 0 Å². The summed E-state index contributed by atoms with van der Waals surface area (Å²) < 4.78 is 13.2. The fourth-order valence-electron chi connectivity index (χ4n) is 2.34. The number of benzene rings is 3. The van der Waals surface area contributed by atoms with Crippen molar-refractivity contribution in [3.8, 4) is 0 Å². The number of hydrogen-bond acceptors (Lipinski definition) is 2. The van der Waals surface area contributed by atoms with E-state index in [4.69, 9.17) is 23.2 Å². The van der Waals surface area contributed by atoms with Crippen molar-refractivity contribution in [3.05, 3.63) is 88.2 Å². The first-order valence-corrected chi connectivity index (χ1v) is 8.86. The molecular weight excluding hydrogens is 404 g/mol. The lowest BCUT2D eigenvalue weighted by molar-refractivity contribution is 0.102. The SMILES string of the molecule is O=C(Nc1ccc(Cl)cc1)Nc1cccc(C(=O)Nc2ccc(F)c(Cl)c2)c1. The van der Waals surface area contributed by atoms with Crippen molar-refractivity contribution < 1.29 is 14.0 Å². The number of amides is 3. The number of nitrogens with one attached hydrogen (secondary N) is 3. The van der Waals surface area contributed by atoms with Gasteiger partial charge in [-0.3, -0.25) is 4.79 Å². The molecule has 0 aromatic heterocycles. The van der Waals surface area contributed by atoms with E-state index < -0.39 is 17.8 Å². The number of anilines is 3. The quantitative estimate of drug-likeness (QED) is 0.484. The highest BCUT2D eigenvalue weighted by Gasteiger charge is 2.10. The third kappa shape index (κ3) is 5.22. The smallest absolute Gasteiger partial charge is 0.322 e. The molecule has 28 heavy (non-hydrogen) atoms. The summed E-state index contributed by atoms with van der Waals surface area (Å²) in [5.74, 6) is -0.998. The van der Waals surface area contributed by atoms with Crippen LogP contribution in [0.4, 0.5) is 26.2 Å². The summed E-state index contributed by atoms with van der Waals surface area (Å²) in [4.78, 5) is 24.5. The molecule has 0 spiro atoms. The second-order valence-corrected chi connectivity index (χ2v) is 6.59. The lowest BCUT2D eigenvalue weighted by atomic mass is 10.2. The van der Waals surface area contributed by atoms with Gasteiger partial charge in [0, 0.05) is 27.6 Å². The van der Waals surface area contributed by atoms with Gasteiger partial charge in [0.25, 0.3) is 5.91 Å². The largest absolute Gasteiger partial charge is 0.323 e. The Balaban J connectivity index is 1.65. The standard InChI is InChI=1S/C20H14Cl2FN3O2/c21-13-4-6-14(7-5-13)25-20(28)26-15-3-1-2-12(10-15)19(27)24-16-8-9-18(23)17(22)11-16/h1-11H,(H,24,27)(H2,25,26,28). The predicted octanol–water partition coefficient (Wildman–Crippen LogP) is 6.03. The van der Waals surface area contributed by atoms with Crippen LogP contribution in [-0.4, -0.2) is 11.9 Å². The van der Waals surface area contributed by atoms with Gasteiger partial charge in [-0.05, 0) is 60.7 Å². The monoisotopic (exact) mass is 417 g/mol. The van der Waals surface area contributed by atoms with Crippen molar-refractivity contribution in [1.82, 2.24) is 0 Å². The lowest BCUT2D eigenvalue weighted by Gasteiger charge is -2.10. The minimum absolute atomic E-state index is 0.0907. The summed E-state index contributed by atoms with van der Waals surface area (Å²) in [6.45, 7) is 0. The van der Waals surface area contributed by atoms with Crippen LogP contribution in [0, 0.1) is 5.82 Å². The van der Waals surface area contributed by atoms with Gasteiger partial charge in [0.05, 0.1) is 5.02 Å². The molecule has 0 fully saturated rings. The molecule has 0 bridgehead atoms. The van der Waals surface area contributed by atoms with Crippen LogP contribution in [0.5, 0.6) is 0 Å². The Labute approximate surface area is 170 Å². The topological polar surface area (TPSA) is 70.2 Å². The Bertz CT molecular complexity index is 1030. The molecule has 0 aliphatic rings. The van der Waals surface area contributed by atoms with E-state index in [1.165, 1.54) is 18.2 Å². The number of hydrogen-bond donors (Lipinski definition) is 3. The molecule has 0 aliphatic heterocycles. The van der Waals surface area contributed by atoms with Gasteiger partial charge in [0.2, 0.25) is 0 Å². The summed E-state index contributed by atoms with van der Waals surface area (Å²) in [6, 6.07) is 16.4. The van der Waals surface area contributed by atoms with E-state index >= 15 is 0 Å². The van der Waals surface area contributed by atoms with E-state index in [-0.39, 0.29) is 5.02 Å². The average molecular weight is 418 g/mol. The molecule has 142 valence electrons. The summed E-state index contributed by atoms with van der Waals surface area (Å²) in [5.41, 5.74) is 1.67. The fourth-order valence-corrected chi connectivity index (χ4v) is 2.65. The molecule has 0 saturated carbocycles. The zero-order valence-corrected chi connectivity index (χ0v) is 15.8. The normalized spacial score (nSPS) is 10.2. The van der Waals surface area contributed by atoms with Gasteiger partial charge in [-0.1, -0.05) is 29.3 Å². The van der Waals surface area contributed by atoms with E-state index in [0.29, 0.717) is 27.6 Å². The van der Waals surface area contributed by atoms with Crippen LogP contribution in [0.3, 0.4) is 0 Å². The summed E-state index contributed by atoms with van der Waals surface area (Å²) >= 11 is 11.5. The van der Waals surface area contributed by atoms with Crippen molar-refractivity contribution in [1.29, 1.82) is 0 Å². The fraction of sp³-hybridized carbons (Fsp3) is 0. The van der Waals surface area contributed by atoms with Gasteiger partial charge >= 0.3 is 6.03 Å². The zero-order chi connectivity index (χ0) is 20.1. The van der Waals surface area contributed by atoms with E-state index in [2.05, 4.69) is 16.0 Å². The van der Waals surface area contributed by atoms with Gasteiger partial charge in [0.15, 0.2) is 0 Å². The third-order valence-electron chi connectivity index (χ3n) is 3.66. The second kappa shape index (κ2) is 8.73. The van der Waals surface area contributed by atoms with Crippen LogP contribution in [0.2, 0.25) is 10.0 Å². The highest BCUT2D eigenvalue weighted by molar-refractivity contribution is 6.31. The van der Waals surface area contributed by atoms with Gasteiger partial charge in [0.1, 0.15) is 5.82 Å². The van der Waals surface area contributed by atoms with Crippen molar-refractivity contribution in [2.45, 2.75) is 0 Å². The van der Waals surface area contributed by atoms with Crippen molar-refractivity contribution in [2.75, 3.05) is 16.0 Å². The molecule has 3 aromatic carbocycles. The summed E-state index contributed by atoms with van der Waals surface area (Å²) in [6.07, 6.45) is 0. The minimum atomic E-state index is -0.572. The molecule has 3 aromatic rings. The Morgan fingerprint density at radius 3 is 2.11 bits per heavy atom. The molecule has 0 atom stereocenters.